The lowest BCUT2D eigenvalue weighted by atomic mass is 10.1. The molecule has 0 N–H and O–H groups in total. The Hall–Kier alpha value is -2.92. The van der Waals surface area contributed by atoms with Crippen LogP contribution in [0.5, 0.6) is 0 Å². The SMILES string of the molecule is C=[N+]([O-])c1cccc(CN2CCN(C(=O)/C=C/c3ccccc3)CC2)c1. The predicted octanol–water partition coefficient (Wildman–Crippen LogP) is 2.89. The Morgan fingerprint density at radius 3 is 2.50 bits per heavy atom. The first-order valence-electron chi connectivity index (χ1n) is 8.73. The zero-order valence-corrected chi connectivity index (χ0v) is 14.8. The summed E-state index contributed by atoms with van der Waals surface area (Å²) >= 11 is 0. The molecule has 0 aromatic heterocycles. The van der Waals surface area contributed by atoms with Gasteiger partial charge in [-0.15, -0.1) is 0 Å². The maximum atomic E-state index is 12.3. The van der Waals surface area contributed by atoms with Gasteiger partial charge in [0.15, 0.2) is 0 Å². The van der Waals surface area contributed by atoms with Crippen LogP contribution < -0.4 is 0 Å². The summed E-state index contributed by atoms with van der Waals surface area (Å²) in [6, 6.07) is 17.3. The van der Waals surface area contributed by atoms with Gasteiger partial charge in [0, 0.05) is 50.9 Å². The van der Waals surface area contributed by atoms with Crippen molar-refractivity contribution in [1.29, 1.82) is 0 Å². The summed E-state index contributed by atoms with van der Waals surface area (Å²) in [5, 5.41) is 11.3. The molecule has 0 spiro atoms. The summed E-state index contributed by atoms with van der Waals surface area (Å²) in [5.41, 5.74) is 2.66. The molecule has 0 aliphatic carbocycles. The summed E-state index contributed by atoms with van der Waals surface area (Å²) in [4.78, 5) is 16.5. The average Bonchev–Trinajstić information content (AvgIpc) is 2.68. The molecule has 1 aliphatic heterocycles. The van der Waals surface area contributed by atoms with Gasteiger partial charge in [0.25, 0.3) is 0 Å². The molecule has 0 radical (unpaired) electrons. The maximum absolute atomic E-state index is 12.3. The summed E-state index contributed by atoms with van der Waals surface area (Å²) in [7, 11) is 0. The van der Waals surface area contributed by atoms with E-state index in [-0.39, 0.29) is 5.91 Å². The lowest BCUT2D eigenvalue weighted by Crippen LogP contribution is -2.47. The van der Waals surface area contributed by atoms with Crippen LogP contribution in [-0.2, 0) is 11.3 Å². The second kappa shape index (κ2) is 8.45. The van der Waals surface area contributed by atoms with Crippen LogP contribution in [0.2, 0.25) is 0 Å². The first-order chi connectivity index (χ1) is 12.6. The van der Waals surface area contributed by atoms with Gasteiger partial charge in [0.05, 0.1) is 0 Å². The van der Waals surface area contributed by atoms with Crippen LogP contribution in [0.4, 0.5) is 5.69 Å². The molecule has 0 atom stereocenters. The van der Waals surface area contributed by atoms with Crippen LogP contribution in [0.3, 0.4) is 0 Å². The fourth-order valence-electron chi connectivity index (χ4n) is 3.03. The molecule has 5 heteroatoms. The molecule has 0 unspecified atom stereocenters. The molecular formula is C21H23N3O2. The third kappa shape index (κ3) is 4.80. The molecule has 134 valence electrons. The number of piperazine rings is 1. The van der Waals surface area contributed by atoms with Crippen molar-refractivity contribution in [2.24, 2.45) is 0 Å². The van der Waals surface area contributed by atoms with Gasteiger partial charge in [-0.2, -0.15) is 4.74 Å². The monoisotopic (exact) mass is 349 g/mol. The van der Waals surface area contributed by atoms with Gasteiger partial charge in [-0.25, -0.2) is 0 Å². The van der Waals surface area contributed by atoms with E-state index >= 15 is 0 Å². The molecule has 1 aliphatic rings. The second-order valence-corrected chi connectivity index (χ2v) is 6.39. The van der Waals surface area contributed by atoms with Crippen LogP contribution in [0.1, 0.15) is 11.1 Å². The Bertz CT molecular complexity index is 794. The van der Waals surface area contributed by atoms with E-state index in [4.69, 9.17) is 0 Å². The van der Waals surface area contributed by atoms with E-state index in [0.29, 0.717) is 23.5 Å². The Morgan fingerprint density at radius 2 is 1.81 bits per heavy atom. The molecular weight excluding hydrogens is 326 g/mol. The smallest absolute Gasteiger partial charge is 0.246 e. The molecule has 2 aromatic carbocycles. The minimum Gasteiger partial charge on any atom is -0.619 e. The van der Waals surface area contributed by atoms with E-state index in [2.05, 4.69) is 11.6 Å². The largest absolute Gasteiger partial charge is 0.619 e. The number of nitrogens with zero attached hydrogens (tertiary/aromatic N) is 3. The Kier molecular flexibility index (Phi) is 5.81. The van der Waals surface area contributed by atoms with Crippen molar-refractivity contribution in [1.82, 2.24) is 9.80 Å². The van der Waals surface area contributed by atoms with Gasteiger partial charge in [0.2, 0.25) is 11.6 Å². The number of hydrogen-bond acceptors (Lipinski definition) is 3. The van der Waals surface area contributed by atoms with Gasteiger partial charge in [-0.1, -0.05) is 42.5 Å². The molecule has 1 amide bonds. The van der Waals surface area contributed by atoms with Gasteiger partial charge in [-0.05, 0) is 17.2 Å². The Labute approximate surface area is 154 Å². The number of amides is 1. The molecule has 1 heterocycles. The van der Waals surface area contributed by atoms with E-state index in [0.717, 1.165) is 30.8 Å². The molecule has 3 rings (SSSR count). The second-order valence-electron chi connectivity index (χ2n) is 6.39. The normalized spacial score (nSPS) is 15.3. The molecule has 1 saturated heterocycles. The van der Waals surface area contributed by atoms with Crippen LogP contribution in [-0.4, -0.2) is 53.3 Å². The quantitative estimate of drug-likeness (QED) is 0.274. The molecule has 0 bridgehead atoms. The number of carbonyl (C=O) groups is 1. The summed E-state index contributed by atoms with van der Waals surface area (Å²) < 4.78 is 0.624. The van der Waals surface area contributed by atoms with Gasteiger partial charge < -0.3 is 10.1 Å². The highest BCUT2D eigenvalue weighted by molar-refractivity contribution is 5.91. The molecule has 0 saturated carbocycles. The number of benzene rings is 2. The summed E-state index contributed by atoms with van der Waals surface area (Å²) in [6.07, 6.45) is 3.50. The summed E-state index contributed by atoms with van der Waals surface area (Å²) in [5.74, 6) is 0.0505. The maximum Gasteiger partial charge on any atom is 0.246 e. The molecule has 26 heavy (non-hydrogen) atoms. The molecule has 2 aromatic rings. The minimum absolute atomic E-state index is 0.0505. The minimum atomic E-state index is 0.0505. The van der Waals surface area contributed by atoms with Crippen molar-refractivity contribution in [2.45, 2.75) is 6.54 Å². The zero-order chi connectivity index (χ0) is 18.4. The van der Waals surface area contributed by atoms with Crippen molar-refractivity contribution in [3.8, 4) is 0 Å². The highest BCUT2D eigenvalue weighted by atomic mass is 16.5. The third-order valence-corrected chi connectivity index (χ3v) is 4.51. The highest BCUT2D eigenvalue weighted by Crippen LogP contribution is 2.15. The van der Waals surface area contributed by atoms with Gasteiger partial charge in [-0.3, -0.25) is 9.69 Å². The third-order valence-electron chi connectivity index (χ3n) is 4.51. The first kappa shape index (κ1) is 17.9. The van der Waals surface area contributed by atoms with Gasteiger partial charge in [0.1, 0.15) is 6.72 Å². The van der Waals surface area contributed by atoms with Crippen molar-refractivity contribution in [3.63, 3.8) is 0 Å². The van der Waals surface area contributed by atoms with Crippen LogP contribution in [0.25, 0.3) is 6.08 Å². The number of hydrogen-bond donors (Lipinski definition) is 0. The standard InChI is InChI=1S/C21H23N3O2/c1-22(26)20-9-5-8-19(16-20)17-23-12-14-24(15-13-23)21(25)11-10-18-6-3-2-4-7-18/h2-11,16H,1,12-15,17H2/b11-10+. The lowest BCUT2D eigenvalue weighted by molar-refractivity contribution is -0.349. The molecule has 5 nitrogen and oxygen atoms in total. The lowest BCUT2D eigenvalue weighted by Gasteiger charge is -2.34. The topological polar surface area (TPSA) is 49.6 Å². The van der Waals surface area contributed by atoms with Crippen LogP contribution >= 0.6 is 0 Å². The van der Waals surface area contributed by atoms with E-state index < -0.39 is 0 Å². The van der Waals surface area contributed by atoms with E-state index in [1.54, 1.807) is 12.1 Å². The average molecular weight is 349 g/mol. The molecule has 1 fully saturated rings. The van der Waals surface area contributed by atoms with Crippen molar-refractivity contribution in [2.75, 3.05) is 26.2 Å². The van der Waals surface area contributed by atoms with E-state index in [1.807, 2.05) is 59.5 Å². The van der Waals surface area contributed by atoms with Crippen LogP contribution in [0, 0.1) is 5.21 Å². The van der Waals surface area contributed by atoms with E-state index in [1.165, 1.54) is 0 Å². The van der Waals surface area contributed by atoms with Gasteiger partial charge >= 0.3 is 0 Å². The first-order valence-corrected chi connectivity index (χ1v) is 8.73. The zero-order valence-electron chi connectivity index (χ0n) is 14.8. The Morgan fingerprint density at radius 1 is 1.08 bits per heavy atom. The fourth-order valence-corrected chi connectivity index (χ4v) is 3.03. The highest BCUT2D eigenvalue weighted by Gasteiger charge is 2.19. The van der Waals surface area contributed by atoms with Crippen LogP contribution in [0.15, 0.2) is 60.7 Å². The Balaban J connectivity index is 1.51. The summed E-state index contributed by atoms with van der Waals surface area (Å²) in [6.45, 7) is 7.20. The van der Waals surface area contributed by atoms with Crippen molar-refractivity contribution < 1.29 is 9.53 Å². The van der Waals surface area contributed by atoms with Crippen molar-refractivity contribution in [3.05, 3.63) is 77.0 Å². The number of rotatable bonds is 5. The number of carbonyl (C=O) groups excluding carboxylic acids is 1. The predicted molar refractivity (Wildman–Crippen MR) is 104 cm³/mol. The van der Waals surface area contributed by atoms with E-state index in [9.17, 15) is 10.0 Å². The van der Waals surface area contributed by atoms with Crippen molar-refractivity contribution >= 4 is 24.4 Å². The fraction of sp³-hybridized carbons (Fsp3) is 0.238.